The highest BCUT2D eigenvalue weighted by Crippen LogP contribution is 2.36. The molecular weight excluding hydrogens is 356 g/mol. The van der Waals surface area contributed by atoms with Gasteiger partial charge in [0, 0.05) is 31.0 Å². The Morgan fingerprint density at radius 2 is 2.14 bits per heavy atom. The van der Waals surface area contributed by atoms with Gasteiger partial charge in [0.2, 0.25) is 0 Å². The molecule has 0 saturated carbocycles. The number of nitrogens with zero attached hydrogens (tertiary/aromatic N) is 2. The molecule has 2 aromatic rings. The van der Waals surface area contributed by atoms with Crippen molar-refractivity contribution in [2.75, 3.05) is 19.7 Å². The molecule has 1 spiro atoms. The molecule has 0 unspecified atom stereocenters. The maximum absolute atomic E-state index is 12.8. The first-order valence-corrected chi connectivity index (χ1v) is 9.84. The third-order valence-corrected chi connectivity index (χ3v) is 5.87. The van der Waals surface area contributed by atoms with E-state index in [9.17, 15) is 4.79 Å². The second-order valence-electron chi connectivity index (χ2n) is 7.96. The minimum absolute atomic E-state index is 0.0716. The number of amides is 1. The zero-order valence-electron chi connectivity index (χ0n) is 15.8. The van der Waals surface area contributed by atoms with E-state index in [1.807, 2.05) is 41.4 Å². The number of aromatic nitrogens is 1. The minimum atomic E-state index is -0.257. The van der Waals surface area contributed by atoms with E-state index < -0.39 is 0 Å². The Morgan fingerprint density at radius 1 is 1.25 bits per heavy atom. The maximum atomic E-state index is 12.8. The molecule has 5 rings (SSSR count). The topological polar surface area (TPSA) is 60.9 Å². The van der Waals surface area contributed by atoms with Crippen LogP contribution in [0.4, 0.5) is 0 Å². The van der Waals surface area contributed by atoms with Gasteiger partial charge in [-0.25, -0.2) is 0 Å². The Labute approximate surface area is 164 Å². The lowest BCUT2D eigenvalue weighted by Gasteiger charge is -2.53. The smallest absolute Gasteiger partial charge is 0.254 e. The highest BCUT2D eigenvalue weighted by molar-refractivity contribution is 5.95. The van der Waals surface area contributed by atoms with Gasteiger partial charge in [-0.05, 0) is 41.3 Å². The summed E-state index contributed by atoms with van der Waals surface area (Å²) >= 11 is 0. The third kappa shape index (κ3) is 3.43. The quantitative estimate of drug-likeness (QED) is 0.816. The Hall–Kier alpha value is -2.28. The van der Waals surface area contributed by atoms with Crippen molar-refractivity contribution in [1.29, 1.82) is 0 Å². The normalized spacial score (nSPS) is 22.7. The largest absolute Gasteiger partial charge is 0.373 e. The van der Waals surface area contributed by atoms with Gasteiger partial charge in [0.05, 0.1) is 39.0 Å². The van der Waals surface area contributed by atoms with Gasteiger partial charge in [-0.1, -0.05) is 12.1 Å². The molecule has 0 bridgehead atoms. The Balaban J connectivity index is 1.17. The Morgan fingerprint density at radius 3 is 3.00 bits per heavy atom. The van der Waals surface area contributed by atoms with Gasteiger partial charge >= 0.3 is 0 Å². The lowest BCUT2D eigenvalue weighted by atomic mass is 9.84. The van der Waals surface area contributed by atoms with Crippen molar-refractivity contribution in [3.8, 4) is 0 Å². The summed E-state index contributed by atoms with van der Waals surface area (Å²) in [4.78, 5) is 18.8. The molecule has 4 heterocycles. The van der Waals surface area contributed by atoms with E-state index in [0.717, 1.165) is 29.5 Å². The third-order valence-electron chi connectivity index (χ3n) is 5.87. The summed E-state index contributed by atoms with van der Waals surface area (Å²) in [6.07, 6.45) is 5.47. The van der Waals surface area contributed by atoms with Crippen molar-refractivity contribution in [2.45, 2.75) is 44.4 Å². The Bertz CT molecular complexity index is 864. The first-order valence-electron chi connectivity index (χ1n) is 9.84. The number of rotatable bonds is 4. The van der Waals surface area contributed by atoms with Crippen LogP contribution in [0.25, 0.3) is 0 Å². The van der Waals surface area contributed by atoms with Crippen LogP contribution in [0.5, 0.6) is 0 Å². The van der Waals surface area contributed by atoms with Crippen molar-refractivity contribution in [1.82, 2.24) is 9.88 Å². The van der Waals surface area contributed by atoms with Gasteiger partial charge in [0.1, 0.15) is 5.60 Å². The van der Waals surface area contributed by atoms with Crippen molar-refractivity contribution in [3.05, 3.63) is 65.0 Å². The number of likely N-dealkylation sites (tertiary alicyclic amines) is 1. The number of fused-ring (bicyclic) bond motifs is 1. The molecule has 0 N–H and O–H groups in total. The lowest BCUT2D eigenvalue weighted by Crippen LogP contribution is -2.67. The lowest BCUT2D eigenvalue weighted by molar-refractivity contribution is -0.188. The number of carbonyl (C=O) groups is 1. The molecule has 6 heteroatoms. The summed E-state index contributed by atoms with van der Waals surface area (Å²) in [5.74, 6) is 0.0716. The van der Waals surface area contributed by atoms with E-state index in [0.29, 0.717) is 39.5 Å². The zero-order chi connectivity index (χ0) is 19.0. The standard InChI is InChI=1S/C22H24N2O4/c25-21(17-3-4-18-12-26-13-19(18)8-17)24-14-22(15-24)9-20(5-7-28-22)27-11-16-2-1-6-23-10-16/h1-4,6,8,10,20H,5,7,9,11-15H2/t20-/m0/s1. The predicted molar refractivity (Wildman–Crippen MR) is 102 cm³/mol. The van der Waals surface area contributed by atoms with Crippen LogP contribution in [0, 0.1) is 0 Å². The number of carbonyl (C=O) groups excluding carboxylic acids is 1. The van der Waals surface area contributed by atoms with Gasteiger partial charge in [0.25, 0.3) is 5.91 Å². The van der Waals surface area contributed by atoms with Gasteiger partial charge in [-0.2, -0.15) is 0 Å². The van der Waals surface area contributed by atoms with E-state index in [2.05, 4.69) is 4.98 Å². The van der Waals surface area contributed by atoms with E-state index in [1.54, 1.807) is 6.20 Å². The highest BCUT2D eigenvalue weighted by Gasteiger charge is 2.49. The summed E-state index contributed by atoms with van der Waals surface area (Å²) in [5.41, 5.74) is 3.86. The first-order chi connectivity index (χ1) is 13.7. The van der Waals surface area contributed by atoms with Crippen LogP contribution in [-0.2, 0) is 34.0 Å². The number of benzene rings is 1. The molecule has 28 heavy (non-hydrogen) atoms. The molecule has 2 saturated heterocycles. The van der Waals surface area contributed by atoms with E-state index >= 15 is 0 Å². The fourth-order valence-electron chi connectivity index (χ4n) is 4.32. The molecule has 1 atom stereocenters. The summed E-state index contributed by atoms with van der Waals surface area (Å²) in [5, 5.41) is 0. The SMILES string of the molecule is O=C(c1ccc2c(c1)COC2)N1CC2(C[C@@H](OCc3cccnc3)CCO2)C1. The molecule has 1 aromatic heterocycles. The minimum Gasteiger partial charge on any atom is -0.373 e. The van der Waals surface area contributed by atoms with Gasteiger partial charge in [-0.3, -0.25) is 9.78 Å². The average Bonchev–Trinajstić information content (AvgIpc) is 3.19. The van der Waals surface area contributed by atoms with Gasteiger partial charge in [-0.15, -0.1) is 0 Å². The Kier molecular flexibility index (Phi) is 4.62. The van der Waals surface area contributed by atoms with Crippen LogP contribution in [0.15, 0.2) is 42.7 Å². The van der Waals surface area contributed by atoms with Crippen molar-refractivity contribution in [2.24, 2.45) is 0 Å². The van der Waals surface area contributed by atoms with Crippen LogP contribution in [0.2, 0.25) is 0 Å². The van der Waals surface area contributed by atoms with E-state index in [1.165, 1.54) is 5.56 Å². The monoisotopic (exact) mass is 380 g/mol. The first kappa shape index (κ1) is 17.8. The maximum Gasteiger partial charge on any atom is 0.254 e. The van der Waals surface area contributed by atoms with Crippen molar-refractivity contribution in [3.63, 3.8) is 0 Å². The fourth-order valence-corrected chi connectivity index (χ4v) is 4.32. The number of ether oxygens (including phenoxy) is 3. The molecule has 146 valence electrons. The zero-order valence-corrected chi connectivity index (χ0v) is 15.8. The van der Waals surface area contributed by atoms with Gasteiger partial charge in [0.15, 0.2) is 0 Å². The van der Waals surface area contributed by atoms with Crippen molar-refractivity contribution >= 4 is 5.91 Å². The highest BCUT2D eigenvalue weighted by atomic mass is 16.5. The molecular formula is C22H24N2O4. The van der Waals surface area contributed by atoms with Crippen LogP contribution < -0.4 is 0 Å². The second kappa shape index (κ2) is 7.28. The molecule has 3 aliphatic rings. The molecule has 0 radical (unpaired) electrons. The number of hydrogen-bond acceptors (Lipinski definition) is 5. The average molecular weight is 380 g/mol. The molecule has 1 amide bonds. The van der Waals surface area contributed by atoms with Crippen LogP contribution >= 0.6 is 0 Å². The molecule has 6 nitrogen and oxygen atoms in total. The molecule has 2 fully saturated rings. The van der Waals surface area contributed by atoms with Crippen LogP contribution in [-0.4, -0.2) is 47.2 Å². The van der Waals surface area contributed by atoms with Crippen molar-refractivity contribution < 1.29 is 19.0 Å². The summed E-state index contributed by atoms with van der Waals surface area (Å²) in [7, 11) is 0. The van der Waals surface area contributed by atoms with Crippen LogP contribution in [0.3, 0.4) is 0 Å². The van der Waals surface area contributed by atoms with E-state index in [4.69, 9.17) is 14.2 Å². The number of pyridine rings is 1. The van der Waals surface area contributed by atoms with Crippen LogP contribution in [0.1, 0.15) is 39.9 Å². The molecule has 3 aliphatic heterocycles. The van der Waals surface area contributed by atoms with Gasteiger partial charge < -0.3 is 19.1 Å². The summed E-state index contributed by atoms with van der Waals surface area (Å²) < 4.78 is 17.6. The van der Waals surface area contributed by atoms with E-state index in [-0.39, 0.29) is 17.6 Å². The summed E-state index contributed by atoms with van der Waals surface area (Å²) in [6, 6.07) is 9.82. The number of hydrogen-bond donors (Lipinski definition) is 0. The fraction of sp³-hybridized carbons (Fsp3) is 0.455. The predicted octanol–water partition coefficient (Wildman–Crippen LogP) is 2.70. The molecule has 0 aliphatic carbocycles. The molecule has 1 aromatic carbocycles. The summed E-state index contributed by atoms with van der Waals surface area (Å²) in [6.45, 7) is 3.74. The second-order valence-corrected chi connectivity index (χ2v) is 7.96.